The van der Waals surface area contributed by atoms with Crippen LogP contribution in [0.2, 0.25) is 0 Å². The van der Waals surface area contributed by atoms with Gasteiger partial charge in [-0.3, -0.25) is 4.79 Å². The molecule has 0 radical (unpaired) electrons. The molecule has 1 N–H and O–H groups in total. The lowest BCUT2D eigenvalue weighted by Crippen LogP contribution is -2.40. The molecule has 5 heteroatoms. The maximum absolute atomic E-state index is 11.5. The van der Waals surface area contributed by atoms with E-state index in [0.29, 0.717) is 12.8 Å². The topological polar surface area (TPSA) is 73.2 Å². The average Bonchev–Trinajstić information content (AvgIpc) is 2.65. The third-order valence-corrected chi connectivity index (χ3v) is 2.23. The van der Waals surface area contributed by atoms with E-state index in [2.05, 4.69) is 11.4 Å². The molecule has 0 aromatic heterocycles. The van der Waals surface area contributed by atoms with Gasteiger partial charge in [-0.2, -0.15) is 5.26 Å². The van der Waals surface area contributed by atoms with Gasteiger partial charge in [0.2, 0.25) is 5.91 Å². The minimum Gasteiger partial charge on any atom is -0.326 e. The van der Waals surface area contributed by atoms with Crippen LogP contribution in [0, 0.1) is 11.3 Å². The van der Waals surface area contributed by atoms with Gasteiger partial charge in [0, 0.05) is 6.54 Å². The first-order chi connectivity index (χ1) is 6.79. The number of likely N-dealkylation sites (tertiary alicyclic amines) is 1. The normalized spacial score (nSPS) is 20.5. The van der Waals surface area contributed by atoms with Crippen LogP contribution in [-0.4, -0.2) is 42.8 Å². The van der Waals surface area contributed by atoms with Gasteiger partial charge in [-0.1, -0.05) is 0 Å². The van der Waals surface area contributed by atoms with E-state index < -0.39 is 0 Å². The Kier molecular flexibility index (Phi) is 4.08. The monoisotopic (exact) mass is 195 g/mol. The van der Waals surface area contributed by atoms with Gasteiger partial charge in [-0.15, -0.1) is 0 Å². The quantitative estimate of drug-likeness (QED) is 0.475. The van der Waals surface area contributed by atoms with E-state index in [9.17, 15) is 9.59 Å². The van der Waals surface area contributed by atoms with Gasteiger partial charge in [0.25, 0.3) is 0 Å². The highest BCUT2D eigenvalue weighted by molar-refractivity contribution is 5.79. The largest absolute Gasteiger partial charge is 0.326 e. The molecule has 1 atom stereocenters. The number of hydrogen-bond acceptors (Lipinski definition) is 4. The molecule has 1 aliphatic rings. The number of nitrogens with zero attached hydrogens (tertiary/aromatic N) is 2. The fourth-order valence-electron chi connectivity index (χ4n) is 1.54. The van der Waals surface area contributed by atoms with E-state index in [-0.39, 0.29) is 25.0 Å². The molecule has 76 valence electrons. The van der Waals surface area contributed by atoms with Crippen LogP contribution in [-0.2, 0) is 9.59 Å². The second-order valence-electron chi connectivity index (χ2n) is 3.17. The maximum Gasteiger partial charge on any atom is 0.237 e. The van der Waals surface area contributed by atoms with Crippen molar-refractivity contribution >= 4 is 12.2 Å². The van der Waals surface area contributed by atoms with Crippen molar-refractivity contribution in [1.29, 1.82) is 5.26 Å². The zero-order valence-corrected chi connectivity index (χ0v) is 7.90. The lowest BCUT2D eigenvalue weighted by Gasteiger charge is -2.19. The van der Waals surface area contributed by atoms with Crippen LogP contribution < -0.4 is 5.32 Å². The Balaban J connectivity index is 2.36. The minimum absolute atomic E-state index is 0.101. The van der Waals surface area contributed by atoms with Crippen LogP contribution in [0.3, 0.4) is 0 Å². The molecule has 14 heavy (non-hydrogen) atoms. The van der Waals surface area contributed by atoms with Gasteiger partial charge in [0.1, 0.15) is 12.3 Å². The van der Waals surface area contributed by atoms with Crippen molar-refractivity contribution in [1.82, 2.24) is 10.2 Å². The van der Waals surface area contributed by atoms with Crippen molar-refractivity contribution in [2.45, 2.75) is 18.9 Å². The molecule has 1 saturated heterocycles. The second kappa shape index (κ2) is 5.35. The van der Waals surface area contributed by atoms with Crippen LogP contribution in [0.4, 0.5) is 0 Å². The van der Waals surface area contributed by atoms with Gasteiger partial charge in [0.05, 0.1) is 19.2 Å². The van der Waals surface area contributed by atoms with Crippen LogP contribution in [0.5, 0.6) is 0 Å². The Bertz CT molecular complexity index is 259. The van der Waals surface area contributed by atoms with Crippen molar-refractivity contribution in [3.63, 3.8) is 0 Å². The summed E-state index contributed by atoms with van der Waals surface area (Å²) >= 11 is 0. The molecule has 1 heterocycles. The Morgan fingerprint density at radius 3 is 3.14 bits per heavy atom. The zero-order chi connectivity index (χ0) is 10.4. The predicted octanol–water partition coefficient (Wildman–Crippen LogP) is -0.711. The van der Waals surface area contributed by atoms with E-state index in [0.717, 1.165) is 12.8 Å². The number of amides is 1. The number of carbonyl (C=O) groups excluding carboxylic acids is 2. The highest BCUT2D eigenvalue weighted by Gasteiger charge is 2.27. The fourth-order valence-corrected chi connectivity index (χ4v) is 1.54. The third-order valence-electron chi connectivity index (χ3n) is 2.23. The summed E-state index contributed by atoms with van der Waals surface area (Å²) in [5.74, 6) is -0.101. The Morgan fingerprint density at radius 2 is 2.50 bits per heavy atom. The first-order valence-corrected chi connectivity index (χ1v) is 4.63. The SMILES string of the molecule is N#CC1CCCN1C(=O)CNCC=O. The van der Waals surface area contributed by atoms with Crippen LogP contribution >= 0.6 is 0 Å². The number of aldehydes is 1. The molecule has 0 aliphatic carbocycles. The van der Waals surface area contributed by atoms with Crippen molar-refractivity contribution < 1.29 is 9.59 Å². The van der Waals surface area contributed by atoms with E-state index in [1.807, 2.05) is 0 Å². The summed E-state index contributed by atoms with van der Waals surface area (Å²) in [4.78, 5) is 23.0. The van der Waals surface area contributed by atoms with Gasteiger partial charge < -0.3 is 15.0 Å². The van der Waals surface area contributed by atoms with Crippen LogP contribution in [0.25, 0.3) is 0 Å². The molecular weight excluding hydrogens is 182 g/mol. The lowest BCUT2D eigenvalue weighted by molar-refractivity contribution is -0.130. The number of rotatable bonds is 4. The van der Waals surface area contributed by atoms with Gasteiger partial charge in [-0.25, -0.2) is 0 Å². The van der Waals surface area contributed by atoms with E-state index in [1.54, 1.807) is 4.90 Å². The number of carbonyl (C=O) groups is 2. The molecule has 0 aromatic rings. The van der Waals surface area contributed by atoms with Crippen molar-refractivity contribution in [3.05, 3.63) is 0 Å². The Morgan fingerprint density at radius 1 is 1.71 bits per heavy atom. The van der Waals surface area contributed by atoms with Gasteiger partial charge in [-0.05, 0) is 12.8 Å². The average molecular weight is 195 g/mol. The summed E-state index contributed by atoms with van der Waals surface area (Å²) < 4.78 is 0. The molecular formula is C9H13N3O2. The van der Waals surface area contributed by atoms with Gasteiger partial charge >= 0.3 is 0 Å². The summed E-state index contributed by atoms with van der Waals surface area (Å²) in [6.07, 6.45) is 2.35. The van der Waals surface area contributed by atoms with Crippen LogP contribution in [0.15, 0.2) is 0 Å². The molecule has 1 unspecified atom stereocenters. The van der Waals surface area contributed by atoms with E-state index >= 15 is 0 Å². The third kappa shape index (κ3) is 2.54. The molecule has 0 saturated carbocycles. The highest BCUT2D eigenvalue weighted by atomic mass is 16.2. The van der Waals surface area contributed by atoms with Crippen molar-refractivity contribution in [2.24, 2.45) is 0 Å². The summed E-state index contributed by atoms with van der Waals surface area (Å²) in [5, 5.41) is 11.4. The minimum atomic E-state index is -0.277. The first-order valence-electron chi connectivity index (χ1n) is 4.63. The summed E-state index contributed by atoms with van der Waals surface area (Å²) in [6.45, 7) is 0.966. The highest BCUT2D eigenvalue weighted by Crippen LogP contribution is 2.15. The molecule has 1 fully saturated rings. The van der Waals surface area contributed by atoms with E-state index in [1.165, 1.54) is 0 Å². The lowest BCUT2D eigenvalue weighted by atomic mass is 10.2. The summed E-state index contributed by atoms with van der Waals surface area (Å²) in [5.41, 5.74) is 0. The first kappa shape index (κ1) is 10.7. The van der Waals surface area contributed by atoms with Gasteiger partial charge in [0.15, 0.2) is 0 Å². The molecule has 1 amide bonds. The Labute approximate surface area is 82.7 Å². The van der Waals surface area contributed by atoms with Crippen molar-refractivity contribution in [2.75, 3.05) is 19.6 Å². The molecule has 0 aromatic carbocycles. The predicted molar refractivity (Wildman–Crippen MR) is 49.3 cm³/mol. The molecule has 5 nitrogen and oxygen atoms in total. The molecule has 0 spiro atoms. The number of nitriles is 1. The summed E-state index contributed by atoms with van der Waals surface area (Å²) in [6, 6.07) is 1.82. The van der Waals surface area contributed by atoms with Crippen molar-refractivity contribution in [3.8, 4) is 6.07 Å². The molecule has 1 rings (SSSR count). The standard InChI is InChI=1S/C9H13N3O2/c10-6-8-2-1-4-12(8)9(14)7-11-3-5-13/h5,8,11H,1-4,7H2. The van der Waals surface area contributed by atoms with Crippen LogP contribution in [0.1, 0.15) is 12.8 Å². The number of hydrogen-bond donors (Lipinski definition) is 1. The van der Waals surface area contributed by atoms with E-state index in [4.69, 9.17) is 5.26 Å². The molecule has 0 bridgehead atoms. The fraction of sp³-hybridized carbons (Fsp3) is 0.667. The summed E-state index contributed by atoms with van der Waals surface area (Å²) in [7, 11) is 0. The molecule has 1 aliphatic heterocycles. The maximum atomic E-state index is 11.5. The Hall–Kier alpha value is -1.41. The number of nitrogens with one attached hydrogen (secondary N) is 1. The second-order valence-corrected chi connectivity index (χ2v) is 3.17. The smallest absolute Gasteiger partial charge is 0.237 e. The zero-order valence-electron chi connectivity index (χ0n) is 7.90.